The van der Waals surface area contributed by atoms with Crippen LogP contribution >= 0.6 is 0 Å². The van der Waals surface area contributed by atoms with E-state index in [4.69, 9.17) is 4.42 Å². The summed E-state index contributed by atoms with van der Waals surface area (Å²) in [6, 6.07) is 14.1. The summed E-state index contributed by atoms with van der Waals surface area (Å²) in [7, 11) is 0. The number of benzene rings is 2. The van der Waals surface area contributed by atoms with Crippen LogP contribution in [0.15, 0.2) is 46.9 Å². The standard InChI is InChI=1S/C19H20N2O2/c1-12(2)16(22)11-14-7-9-15(10-8-14)20-19-21-18-13(3)5-4-6-17(18)23-19/h4-10,12H,11H2,1-3H3,(H,20,21). The average Bonchev–Trinajstić information content (AvgIpc) is 2.93. The number of ketones is 1. The Hall–Kier alpha value is -2.62. The third-order valence-corrected chi connectivity index (χ3v) is 3.85. The van der Waals surface area contributed by atoms with Gasteiger partial charge in [-0.05, 0) is 36.2 Å². The number of rotatable bonds is 5. The van der Waals surface area contributed by atoms with Crippen molar-refractivity contribution in [2.24, 2.45) is 5.92 Å². The number of nitrogens with one attached hydrogen (secondary N) is 1. The molecule has 0 radical (unpaired) electrons. The molecule has 1 heterocycles. The molecule has 0 spiro atoms. The number of fused-ring (bicyclic) bond motifs is 1. The Balaban J connectivity index is 1.74. The molecule has 0 aliphatic heterocycles. The summed E-state index contributed by atoms with van der Waals surface area (Å²) in [5.74, 6) is 0.316. The van der Waals surface area contributed by atoms with Gasteiger partial charge in [0.25, 0.3) is 6.01 Å². The maximum Gasteiger partial charge on any atom is 0.300 e. The highest BCUT2D eigenvalue weighted by molar-refractivity contribution is 5.82. The molecule has 4 heteroatoms. The van der Waals surface area contributed by atoms with Crippen LogP contribution in [0.5, 0.6) is 0 Å². The highest BCUT2D eigenvalue weighted by atomic mass is 16.4. The zero-order chi connectivity index (χ0) is 16.4. The van der Waals surface area contributed by atoms with Gasteiger partial charge in [-0.2, -0.15) is 4.98 Å². The van der Waals surface area contributed by atoms with Gasteiger partial charge in [0.1, 0.15) is 11.3 Å². The molecule has 1 aromatic heterocycles. The van der Waals surface area contributed by atoms with Crippen LogP contribution < -0.4 is 5.32 Å². The summed E-state index contributed by atoms with van der Waals surface area (Å²) < 4.78 is 5.70. The molecule has 0 bridgehead atoms. The number of carbonyl (C=O) groups is 1. The lowest BCUT2D eigenvalue weighted by atomic mass is 10.0. The summed E-state index contributed by atoms with van der Waals surface area (Å²) in [6.45, 7) is 5.86. The van der Waals surface area contributed by atoms with Gasteiger partial charge in [0.05, 0.1) is 0 Å². The van der Waals surface area contributed by atoms with Crippen LogP contribution in [-0.4, -0.2) is 10.8 Å². The van der Waals surface area contributed by atoms with Crippen molar-refractivity contribution in [1.29, 1.82) is 0 Å². The number of aromatic nitrogens is 1. The van der Waals surface area contributed by atoms with Gasteiger partial charge in [0.2, 0.25) is 0 Å². The predicted molar refractivity (Wildman–Crippen MR) is 92.0 cm³/mol. The topological polar surface area (TPSA) is 55.1 Å². The zero-order valence-electron chi connectivity index (χ0n) is 13.6. The van der Waals surface area contributed by atoms with Crippen molar-refractivity contribution in [1.82, 2.24) is 4.98 Å². The molecule has 0 fully saturated rings. The molecule has 4 nitrogen and oxygen atoms in total. The van der Waals surface area contributed by atoms with Gasteiger partial charge in [-0.15, -0.1) is 0 Å². The largest absolute Gasteiger partial charge is 0.423 e. The number of hydrogen-bond acceptors (Lipinski definition) is 4. The van der Waals surface area contributed by atoms with Crippen LogP contribution in [0.4, 0.5) is 11.7 Å². The highest BCUT2D eigenvalue weighted by Gasteiger charge is 2.09. The molecule has 0 unspecified atom stereocenters. The molecule has 23 heavy (non-hydrogen) atoms. The number of carbonyl (C=O) groups excluding carboxylic acids is 1. The summed E-state index contributed by atoms with van der Waals surface area (Å²) in [5, 5.41) is 3.16. The van der Waals surface area contributed by atoms with E-state index in [2.05, 4.69) is 10.3 Å². The van der Waals surface area contributed by atoms with Crippen LogP contribution in [0.25, 0.3) is 11.1 Å². The van der Waals surface area contributed by atoms with Crippen LogP contribution in [0.2, 0.25) is 0 Å². The van der Waals surface area contributed by atoms with Crippen LogP contribution in [0.3, 0.4) is 0 Å². The molecule has 2 aromatic carbocycles. The molecule has 0 atom stereocenters. The lowest BCUT2D eigenvalue weighted by Crippen LogP contribution is -2.10. The van der Waals surface area contributed by atoms with Crippen molar-refractivity contribution < 1.29 is 9.21 Å². The van der Waals surface area contributed by atoms with Crippen molar-refractivity contribution in [2.75, 3.05) is 5.32 Å². The Morgan fingerprint density at radius 2 is 1.91 bits per heavy atom. The van der Waals surface area contributed by atoms with E-state index in [1.54, 1.807) is 0 Å². The number of oxazole rings is 1. The minimum Gasteiger partial charge on any atom is -0.423 e. The third kappa shape index (κ3) is 3.42. The number of nitrogens with zero attached hydrogens (tertiary/aromatic N) is 1. The highest BCUT2D eigenvalue weighted by Crippen LogP contribution is 2.24. The smallest absolute Gasteiger partial charge is 0.300 e. The van der Waals surface area contributed by atoms with E-state index in [1.807, 2.05) is 63.2 Å². The molecule has 3 aromatic rings. The van der Waals surface area contributed by atoms with Gasteiger partial charge in [0, 0.05) is 18.0 Å². The SMILES string of the molecule is Cc1cccc2oc(Nc3ccc(CC(=O)C(C)C)cc3)nc12. The van der Waals surface area contributed by atoms with E-state index in [-0.39, 0.29) is 11.7 Å². The number of aryl methyl sites for hydroxylation is 1. The Morgan fingerprint density at radius 1 is 1.17 bits per heavy atom. The molecule has 0 aliphatic rings. The Labute approximate surface area is 135 Å². The molecule has 3 rings (SSSR count). The first-order valence-corrected chi connectivity index (χ1v) is 7.78. The first-order chi connectivity index (χ1) is 11.0. The van der Waals surface area contributed by atoms with Crippen molar-refractivity contribution >= 4 is 28.6 Å². The molecule has 0 saturated carbocycles. The predicted octanol–water partition coefficient (Wildman–Crippen LogP) is 4.65. The van der Waals surface area contributed by atoms with Crippen LogP contribution in [0.1, 0.15) is 25.0 Å². The monoisotopic (exact) mass is 308 g/mol. The molecule has 0 aliphatic carbocycles. The van der Waals surface area contributed by atoms with Crippen LogP contribution in [0, 0.1) is 12.8 Å². The first-order valence-electron chi connectivity index (χ1n) is 7.78. The summed E-state index contributed by atoms with van der Waals surface area (Å²) in [5.41, 5.74) is 4.63. The van der Waals surface area contributed by atoms with E-state index in [9.17, 15) is 4.79 Å². The maximum absolute atomic E-state index is 11.8. The van der Waals surface area contributed by atoms with Crippen molar-refractivity contribution in [3.63, 3.8) is 0 Å². The molecule has 1 N–H and O–H groups in total. The minimum absolute atomic E-state index is 0.0655. The second-order valence-electron chi connectivity index (χ2n) is 6.06. The number of Topliss-reactive ketones (excluding diaryl/α,β-unsaturated/α-hetero) is 1. The fraction of sp³-hybridized carbons (Fsp3) is 0.263. The van der Waals surface area contributed by atoms with Gasteiger partial charge in [0.15, 0.2) is 5.58 Å². The molecule has 0 amide bonds. The molecule has 118 valence electrons. The van der Waals surface area contributed by atoms with Crippen molar-refractivity contribution in [3.05, 3.63) is 53.6 Å². The zero-order valence-corrected chi connectivity index (χ0v) is 13.6. The Morgan fingerprint density at radius 3 is 2.57 bits per heavy atom. The quantitative estimate of drug-likeness (QED) is 0.745. The lowest BCUT2D eigenvalue weighted by Gasteiger charge is -2.06. The van der Waals surface area contributed by atoms with Crippen molar-refractivity contribution in [3.8, 4) is 0 Å². The lowest BCUT2D eigenvalue weighted by molar-refractivity contribution is -0.121. The normalized spacial score (nSPS) is 11.1. The fourth-order valence-electron chi connectivity index (χ4n) is 2.37. The van der Waals surface area contributed by atoms with E-state index < -0.39 is 0 Å². The number of para-hydroxylation sites is 1. The second-order valence-corrected chi connectivity index (χ2v) is 6.06. The van der Waals surface area contributed by atoms with E-state index in [1.165, 1.54) is 0 Å². The average molecular weight is 308 g/mol. The second kappa shape index (κ2) is 6.24. The van der Waals surface area contributed by atoms with Gasteiger partial charge < -0.3 is 9.73 Å². The summed E-state index contributed by atoms with van der Waals surface area (Å²) in [6.07, 6.45) is 0.472. The number of anilines is 2. The van der Waals surface area contributed by atoms with E-state index in [0.717, 1.165) is 27.9 Å². The van der Waals surface area contributed by atoms with Gasteiger partial charge in [-0.25, -0.2) is 0 Å². The molecular weight excluding hydrogens is 288 g/mol. The third-order valence-electron chi connectivity index (χ3n) is 3.85. The molecular formula is C19H20N2O2. The fourth-order valence-corrected chi connectivity index (χ4v) is 2.37. The molecule has 0 saturated heterocycles. The van der Waals surface area contributed by atoms with Gasteiger partial charge >= 0.3 is 0 Å². The maximum atomic E-state index is 11.8. The minimum atomic E-state index is 0.0655. The van der Waals surface area contributed by atoms with Crippen LogP contribution in [-0.2, 0) is 11.2 Å². The Kier molecular flexibility index (Phi) is 4.15. The number of hydrogen-bond donors (Lipinski definition) is 1. The van der Waals surface area contributed by atoms with Gasteiger partial charge in [-0.1, -0.05) is 38.1 Å². The van der Waals surface area contributed by atoms with Crippen molar-refractivity contribution in [2.45, 2.75) is 27.2 Å². The summed E-state index contributed by atoms with van der Waals surface area (Å²) in [4.78, 5) is 16.2. The first kappa shape index (κ1) is 15.3. The Bertz CT molecular complexity index is 832. The summed E-state index contributed by atoms with van der Waals surface area (Å²) >= 11 is 0. The van der Waals surface area contributed by atoms with Gasteiger partial charge in [-0.3, -0.25) is 4.79 Å². The van der Waals surface area contributed by atoms with E-state index >= 15 is 0 Å². The van der Waals surface area contributed by atoms with E-state index in [0.29, 0.717) is 12.4 Å².